The number of carbonyl (C=O) groups excluding carboxylic acids is 2. The molecule has 5 rings (SSSR count). The molecule has 11 nitrogen and oxygen atoms in total. The lowest BCUT2D eigenvalue weighted by molar-refractivity contribution is -0.253. The Hall–Kier alpha value is -4.45. The van der Waals surface area contributed by atoms with Crippen LogP contribution in [0.3, 0.4) is 0 Å². The maximum Gasteiger partial charge on any atom is 0.409 e. The van der Waals surface area contributed by atoms with Crippen LogP contribution in [0.15, 0.2) is 84.6 Å². The topological polar surface area (TPSA) is 136 Å². The zero-order valence-electron chi connectivity index (χ0n) is 30.3. The Morgan fingerprint density at radius 3 is 2.54 bits per heavy atom. The fourth-order valence-corrected chi connectivity index (χ4v) is 8.15. The van der Waals surface area contributed by atoms with Crippen LogP contribution in [0.25, 0.3) is 0 Å². The molecular formula is C41H52N2O9. The molecule has 1 saturated carbocycles. The summed E-state index contributed by atoms with van der Waals surface area (Å²) in [6.07, 6.45) is 11.3. The van der Waals surface area contributed by atoms with E-state index in [0.29, 0.717) is 47.8 Å². The summed E-state index contributed by atoms with van der Waals surface area (Å²) in [5.74, 6) is -0.153. The van der Waals surface area contributed by atoms with Gasteiger partial charge >= 0.3 is 6.09 Å². The normalized spacial score (nSPS) is 25.1. The van der Waals surface area contributed by atoms with E-state index in [9.17, 15) is 19.8 Å². The minimum atomic E-state index is -1.37. The monoisotopic (exact) mass is 716 g/mol. The number of fused-ring (bicyclic) bond motifs is 2. The van der Waals surface area contributed by atoms with Crippen LogP contribution in [0.2, 0.25) is 0 Å². The first-order chi connectivity index (χ1) is 25.3. The van der Waals surface area contributed by atoms with Crippen LogP contribution in [0.5, 0.6) is 17.2 Å². The average molecular weight is 717 g/mol. The Morgan fingerprint density at radius 1 is 1.06 bits per heavy atom. The first kappa shape index (κ1) is 38.8. The molecule has 1 heterocycles. The van der Waals surface area contributed by atoms with E-state index in [1.165, 1.54) is 7.11 Å². The highest BCUT2D eigenvalue weighted by atomic mass is 16.7. The predicted octanol–water partition coefficient (Wildman–Crippen LogP) is 7.20. The van der Waals surface area contributed by atoms with Crippen molar-refractivity contribution in [1.82, 2.24) is 4.90 Å². The van der Waals surface area contributed by atoms with E-state index in [4.69, 9.17) is 23.8 Å². The highest BCUT2D eigenvalue weighted by Gasteiger charge is 2.65. The fourth-order valence-electron chi connectivity index (χ4n) is 8.15. The number of carbonyl (C=O) groups is 2. The minimum Gasteiger partial charge on any atom is -0.459 e. The van der Waals surface area contributed by atoms with Crippen molar-refractivity contribution >= 4 is 18.1 Å². The Morgan fingerprint density at radius 2 is 1.83 bits per heavy atom. The molecule has 0 saturated heterocycles. The summed E-state index contributed by atoms with van der Waals surface area (Å²) in [6.45, 7) is 8.21. The van der Waals surface area contributed by atoms with E-state index in [0.717, 1.165) is 43.1 Å². The number of benzene rings is 2. The zero-order chi connectivity index (χ0) is 37.1. The molecule has 0 spiro atoms. The standard InChI is InChI=1S/C41H52N2O9/c1-5-7-22-49-40(47)43(3)37-26-35(42-48-4)33-24-29(14-8-10-19-44)32(16-9-11-20-45)38-34-25-31(51-30-15-12-13-28(23-30)27-46)17-18-36(34)52-41(37,39(33)38)50-21-6-2/h5-6,12-13,15,17-18,23-25,27,29,32,37-39,44-45H,1-2,7-11,14,16,19-22,26H2,3-4H3/t29-,32+,37-,38+,39+,41+/m0/s1. The number of amides is 1. The smallest absolute Gasteiger partial charge is 0.409 e. The van der Waals surface area contributed by atoms with Crippen molar-refractivity contribution in [2.45, 2.75) is 69.1 Å². The summed E-state index contributed by atoms with van der Waals surface area (Å²) in [5, 5.41) is 24.1. The highest BCUT2D eigenvalue weighted by Crippen LogP contribution is 2.62. The van der Waals surface area contributed by atoms with Gasteiger partial charge in [-0.3, -0.25) is 4.79 Å². The number of aliphatic hydroxyl groups excluding tert-OH is 2. The van der Waals surface area contributed by atoms with Gasteiger partial charge in [0.1, 0.15) is 36.7 Å². The summed E-state index contributed by atoms with van der Waals surface area (Å²) < 4.78 is 25.9. The maximum atomic E-state index is 13.6. The predicted molar refractivity (Wildman–Crippen MR) is 198 cm³/mol. The van der Waals surface area contributed by atoms with E-state index < -0.39 is 23.8 Å². The Bertz CT molecular complexity index is 1620. The first-order valence-electron chi connectivity index (χ1n) is 18.2. The van der Waals surface area contributed by atoms with Gasteiger partial charge in [-0.05, 0) is 79.8 Å². The van der Waals surface area contributed by atoms with Crippen molar-refractivity contribution in [3.63, 3.8) is 0 Å². The molecule has 2 aliphatic carbocycles. The summed E-state index contributed by atoms with van der Waals surface area (Å²) in [6, 6.07) is 12.0. The number of allylic oxidation sites excluding steroid dienone is 1. The van der Waals surface area contributed by atoms with Crippen molar-refractivity contribution < 1.29 is 43.6 Å². The Labute approximate surface area is 306 Å². The van der Waals surface area contributed by atoms with Crippen molar-refractivity contribution in [2.24, 2.45) is 22.9 Å². The first-order valence-corrected chi connectivity index (χ1v) is 18.2. The number of oxime groups is 1. The van der Waals surface area contributed by atoms with Crippen LogP contribution in [0, 0.1) is 17.8 Å². The summed E-state index contributed by atoms with van der Waals surface area (Å²) in [7, 11) is 3.20. The number of aliphatic hydroxyl groups is 2. The molecule has 2 N–H and O–H groups in total. The molecule has 0 aromatic heterocycles. The fraction of sp³-hybridized carbons (Fsp3) is 0.488. The number of ether oxygens (including phenoxy) is 4. The number of hydrogen-bond donors (Lipinski definition) is 2. The number of aldehydes is 1. The van der Waals surface area contributed by atoms with Gasteiger partial charge in [-0.25, -0.2) is 4.79 Å². The van der Waals surface area contributed by atoms with Crippen LogP contribution in [0.4, 0.5) is 4.79 Å². The minimum absolute atomic E-state index is 0.0642. The second kappa shape index (κ2) is 18.3. The third kappa shape index (κ3) is 8.27. The van der Waals surface area contributed by atoms with Gasteiger partial charge in [-0.15, -0.1) is 13.2 Å². The van der Waals surface area contributed by atoms with Gasteiger partial charge in [0.25, 0.3) is 0 Å². The summed E-state index contributed by atoms with van der Waals surface area (Å²) >= 11 is 0. The van der Waals surface area contributed by atoms with E-state index in [1.807, 2.05) is 18.2 Å². The van der Waals surface area contributed by atoms with Crippen LogP contribution in [-0.4, -0.2) is 85.6 Å². The van der Waals surface area contributed by atoms with Crippen LogP contribution >= 0.6 is 0 Å². The molecule has 2 aromatic rings. The molecule has 1 fully saturated rings. The lowest BCUT2D eigenvalue weighted by atomic mass is 9.55. The van der Waals surface area contributed by atoms with Crippen molar-refractivity contribution in [3.8, 4) is 17.2 Å². The molecule has 6 atom stereocenters. The molecular weight excluding hydrogens is 664 g/mol. The number of unbranched alkanes of at least 4 members (excludes halogenated alkanes) is 2. The van der Waals surface area contributed by atoms with Gasteiger partial charge < -0.3 is 38.9 Å². The number of rotatable bonds is 19. The number of nitrogens with zero attached hydrogens (tertiary/aromatic N) is 2. The molecule has 0 bridgehead atoms. The van der Waals surface area contributed by atoms with E-state index in [-0.39, 0.29) is 50.6 Å². The van der Waals surface area contributed by atoms with Crippen LogP contribution in [-0.2, 0) is 14.3 Å². The number of likely N-dealkylation sites (N-methyl/N-ethyl adjacent to an activating group) is 1. The highest BCUT2D eigenvalue weighted by molar-refractivity contribution is 6.02. The van der Waals surface area contributed by atoms with Gasteiger partial charge in [-0.1, -0.05) is 48.4 Å². The molecule has 0 unspecified atom stereocenters. The van der Waals surface area contributed by atoms with Gasteiger partial charge in [0.2, 0.25) is 5.79 Å². The molecule has 1 aliphatic heterocycles. The van der Waals surface area contributed by atoms with Gasteiger partial charge in [-0.2, -0.15) is 0 Å². The summed E-state index contributed by atoms with van der Waals surface area (Å²) in [5.41, 5.74) is 3.05. The van der Waals surface area contributed by atoms with Crippen LogP contribution in [0.1, 0.15) is 73.2 Å². The molecule has 11 heteroatoms. The van der Waals surface area contributed by atoms with Crippen LogP contribution < -0.4 is 9.47 Å². The SMILES string of the molecule is C=CCCOC(=O)N(C)[C@H]1CC(=NOC)C2=C[C@H](CCCCO)[C@@H](CCCCO)[C@@H]3c4cc(Oc5cccc(C=O)c5)ccc4O[C@@]1(OCC=C)[C@H]23. The zero-order valence-corrected chi connectivity index (χ0v) is 30.3. The average Bonchev–Trinajstić information content (AvgIpc) is 3.15. The largest absolute Gasteiger partial charge is 0.459 e. The van der Waals surface area contributed by atoms with Crippen molar-refractivity contribution in [3.05, 3.63) is 90.6 Å². The molecule has 280 valence electrons. The molecule has 52 heavy (non-hydrogen) atoms. The third-order valence-corrected chi connectivity index (χ3v) is 10.4. The van der Waals surface area contributed by atoms with E-state index in [2.05, 4.69) is 24.4 Å². The van der Waals surface area contributed by atoms with Crippen molar-refractivity contribution in [2.75, 3.05) is 40.6 Å². The lowest BCUT2D eigenvalue weighted by Crippen LogP contribution is -2.69. The second-order valence-corrected chi connectivity index (χ2v) is 13.6. The molecule has 0 radical (unpaired) electrons. The van der Waals surface area contributed by atoms with E-state index in [1.54, 1.807) is 48.4 Å². The quantitative estimate of drug-likeness (QED) is 0.0670. The summed E-state index contributed by atoms with van der Waals surface area (Å²) in [4.78, 5) is 32.1. The molecule has 3 aliphatic rings. The molecule has 2 aromatic carbocycles. The van der Waals surface area contributed by atoms with Gasteiger partial charge in [0.15, 0.2) is 0 Å². The Balaban J connectivity index is 1.72. The maximum absolute atomic E-state index is 13.6. The Kier molecular flexibility index (Phi) is 13.7. The van der Waals surface area contributed by atoms with Gasteiger partial charge in [0, 0.05) is 43.7 Å². The number of hydrogen-bond acceptors (Lipinski definition) is 10. The lowest BCUT2D eigenvalue weighted by Gasteiger charge is -2.59. The second-order valence-electron chi connectivity index (χ2n) is 13.6. The van der Waals surface area contributed by atoms with E-state index >= 15 is 0 Å². The van der Waals surface area contributed by atoms with Crippen molar-refractivity contribution in [1.29, 1.82) is 0 Å². The third-order valence-electron chi connectivity index (χ3n) is 10.4. The molecule has 1 amide bonds. The van der Waals surface area contributed by atoms with Gasteiger partial charge in [0.05, 0.1) is 24.8 Å².